The van der Waals surface area contributed by atoms with E-state index in [9.17, 15) is 4.79 Å². The maximum absolute atomic E-state index is 11.7. The lowest BCUT2D eigenvalue weighted by Gasteiger charge is -2.37. The smallest absolute Gasteiger partial charge is 0.226 e. The average Bonchev–Trinajstić information content (AvgIpc) is 2.63. The fraction of sp³-hybridized carbons (Fsp3) is 0.636. The first kappa shape index (κ1) is 11.1. The third-order valence-corrected chi connectivity index (χ3v) is 3.10. The predicted octanol–water partition coefficient (Wildman–Crippen LogP) is 1.11. The number of aromatic nitrogens is 2. The molecule has 1 heterocycles. The number of nitrogens with two attached hydrogens (primary N) is 1. The number of anilines is 1. The van der Waals surface area contributed by atoms with Gasteiger partial charge in [-0.3, -0.25) is 9.48 Å². The Morgan fingerprint density at radius 3 is 2.94 bits per heavy atom. The van der Waals surface area contributed by atoms with Crippen molar-refractivity contribution in [2.45, 2.75) is 44.7 Å². The van der Waals surface area contributed by atoms with E-state index < -0.39 is 0 Å². The summed E-state index contributed by atoms with van der Waals surface area (Å²) in [4.78, 5) is 11.7. The molecule has 0 saturated heterocycles. The highest BCUT2D eigenvalue weighted by Crippen LogP contribution is 2.32. The van der Waals surface area contributed by atoms with Gasteiger partial charge in [0.15, 0.2) is 0 Å². The summed E-state index contributed by atoms with van der Waals surface area (Å²) in [6.07, 6.45) is 6.93. The van der Waals surface area contributed by atoms with Gasteiger partial charge in [0.1, 0.15) is 0 Å². The van der Waals surface area contributed by atoms with Crippen LogP contribution in [0, 0.1) is 0 Å². The van der Waals surface area contributed by atoms with Crippen LogP contribution in [-0.4, -0.2) is 21.2 Å². The Hall–Kier alpha value is -1.36. The Balaban J connectivity index is 1.87. The maximum atomic E-state index is 11.7. The molecular weight excluding hydrogens is 204 g/mol. The molecule has 88 valence electrons. The van der Waals surface area contributed by atoms with Gasteiger partial charge in [-0.15, -0.1) is 0 Å². The monoisotopic (exact) mass is 222 g/mol. The summed E-state index contributed by atoms with van der Waals surface area (Å²) in [5.41, 5.74) is 6.49. The van der Waals surface area contributed by atoms with Gasteiger partial charge in [-0.25, -0.2) is 0 Å². The van der Waals surface area contributed by atoms with Crippen LogP contribution in [0.5, 0.6) is 0 Å². The number of carbonyl (C=O) groups excluding carboxylic acids is 1. The molecule has 1 aliphatic rings. The van der Waals surface area contributed by atoms with Crippen LogP contribution in [0.15, 0.2) is 12.4 Å². The number of nitrogens with zero attached hydrogens (tertiary/aromatic N) is 2. The van der Waals surface area contributed by atoms with Gasteiger partial charge in [-0.2, -0.15) is 5.10 Å². The van der Waals surface area contributed by atoms with Gasteiger partial charge < -0.3 is 11.1 Å². The largest absolute Gasteiger partial charge is 0.325 e. The van der Waals surface area contributed by atoms with Crippen LogP contribution >= 0.6 is 0 Å². The van der Waals surface area contributed by atoms with Crippen LogP contribution in [0.1, 0.15) is 32.6 Å². The zero-order chi connectivity index (χ0) is 11.6. The highest BCUT2D eigenvalue weighted by Gasteiger charge is 2.34. The van der Waals surface area contributed by atoms with Crippen LogP contribution < -0.4 is 11.1 Å². The minimum Gasteiger partial charge on any atom is -0.325 e. The van der Waals surface area contributed by atoms with E-state index in [-0.39, 0.29) is 11.4 Å². The van der Waals surface area contributed by atoms with Crippen molar-refractivity contribution in [1.82, 2.24) is 9.78 Å². The normalized spacial score (nSPS) is 17.9. The molecule has 0 spiro atoms. The van der Waals surface area contributed by atoms with E-state index in [2.05, 4.69) is 10.4 Å². The SMILES string of the molecule is CCn1cc(NC(=O)CC2(N)CCC2)cn1. The van der Waals surface area contributed by atoms with E-state index in [1.54, 1.807) is 10.9 Å². The maximum Gasteiger partial charge on any atom is 0.226 e. The van der Waals surface area contributed by atoms with E-state index in [0.717, 1.165) is 31.5 Å². The summed E-state index contributed by atoms with van der Waals surface area (Å²) in [6, 6.07) is 0. The molecule has 1 fully saturated rings. The summed E-state index contributed by atoms with van der Waals surface area (Å²) in [5.74, 6) is -0.0159. The molecule has 0 aliphatic heterocycles. The molecule has 2 rings (SSSR count). The van der Waals surface area contributed by atoms with Crippen molar-refractivity contribution in [2.24, 2.45) is 5.73 Å². The van der Waals surface area contributed by atoms with E-state index in [0.29, 0.717) is 6.42 Å². The predicted molar refractivity (Wildman–Crippen MR) is 61.9 cm³/mol. The van der Waals surface area contributed by atoms with Gasteiger partial charge in [-0.05, 0) is 26.2 Å². The van der Waals surface area contributed by atoms with E-state index in [1.807, 2.05) is 13.1 Å². The van der Waals surface area contributed by atoms with Gasteiger partial charge in [0, 0.05) is 24.7 Å². The third kappa shape index (κ3) is 2.41. The van der Waals surface area contributed by atoms with Gasteiger partial charge in [0.25, 0.3) is 0 Å². The Morgan fingerprint density at radius 1 is 1.69 bits per heavy atom. The lowest BCUT2D eigenvalue weighted by atomic mass is 9.75. The summed E-state index contributed by atoms with van der Waals surface area (Å²) >= 11 is 0. The van der Waals surface area contributed by atoms with Crippen molar-refractivity contribution < 1.29 is 4.79 Å². The molecule has 1 aromatic heterocycles. The van der Waals surface area contributed by atoms with Crippen molar-refractivity contribution in [3.63, 3.8) is 0 Å². The molecule has 1 saturated carbocycles. The molecule has 3 N–H and O–H groups in total. The van der Waals surface area contributed by atoms with Gasteiger partial charge in [0.05, 0.1) is 11.9 Å². The Labute approximate surface area is 95.0 Å². The number of nitrogens with one attached hydrogen (secondary N) is 1. The molecule has 1 aliphatic carbocycles. The second-order valence-electron chi connectivity index (χ2n) is 4.53. The zero-order valence-electron chi connectivity index (χ0n) is 9.57. The van der Waals surface area contributed by atoms with Crippen LogP contribution in [0.3, 0.4) is 0 Å². The molecule has 5 heteroatoms. The second kappa shape index (κ2) is 4.25. The van der Waals surface area contributed by atoms with Crippen molar-refractivity contribution in [3.8, 4) is 0 Å². The molecular formula is C11H18N4O. The van der Waals surface area contributed by atoms with E-state index in [1.165, 1.54) is 0 Å². The standard InChI is InChI=1S/C11H18N4O/c1-2-15-8-9(7-13-15)14-10(16)6-11(12)4-3-5-11/h7-8H,2-6,12H2,1H3,(H,14,16). The summed E-state index contributed by atoms with van der Waals surface area (Å²) < 4.78 is 1.77. The number of aryl methyl sites for hydroxylation is 1. The van der Waals surface area contributed by atoms with Crippen molar-refractivity contribution in [3.05, 3.63) is 12.4 Å². The Kier molecular flexibility index (Phi) is 2.96. The van der Waals surface area contributed by atoms with Crippen LogP contribution in [0.4, 0.5) is 5.69 Å². The van der Waals surface area contributed by atoms with Crippen molar-refractivity contribution >= 4 is 11.6 Å². The molecule has 0 radical (unpaired) electrons. The molecule has 5 nitrogen and oxygen atoms in total. The fourth-order valence-electron chi connectivity index (χ4n) is 1.93. The lowest BCUT2D eigenvalue weighted by Crippen LogP contribution is -2.48. The van der Waals surface area contributed by atoms with Crippen molar-refractivity contribution in [1.29, 1.82) is 0 Å². The molecule has 1 aromatic rings. The van der Waals surface area contributed by atoms with Crippen LogP contribution in [0.25, 0.3) is 0 Å². The minimum atomic E-state index is -0.259. The number of hydrogen-bond acceptors (Lipinski definition) is 3. The quantitative estimate of drug-likeness (QED) is 0.801. The second-order valence-corrected chi connectivity index (χ2v) is 4.53. The molecule has 1 amide bonds. The van der Waals surface area contributed by atoms with Gasteiger partial charge in [0.2, 0.25) is 5.91 Å². The topological polar surface area (TPSA) is 72.9 Å². The zero-order valence-corrected chi connectivity index (χ0v) is 9.57. The summed E-state index contributed by atoms with van der Waals surface area (Å²) in [5, 5.41) is 6.91. The van der Waals surface area contributed by atoms with Crippen LogP contribution in [0.2, 0.25) is 0 Å². The molecule has 16 heavy (non-hydrogen) atoms. The number of carbonyl (C=O) groups is 1. The summed E-state index contributed by atoms with van der Waals surface area (Å²) in [7, 11) is 0. The number of rotatable bonds is 4. The average molecular weight is 222 g/mol. The Morgan fingerprint density at radius 2 is 2.44 bits per heavy atom. The highest BCUT2D eigenvalue weighted by atomic mass is 16.1. The van der Waals surface area contributed by atoms with Gasteiger partial charge in [-0.1, -0.05) is 0 Å². The third-order valence-electron chi connectivity index (χ3n) is 3.10. The van der Waals surface area contributed by atoms with Crippen LogP contribution in [-0.2, 0) is 11.3 Å². The minimum absolute atomic E-state index is 0.0159. The Bertz CT molecular complexity index is 381. The number of hydrogen-bond donors (Lipinski definition) is 2. The first-order chi connectivity index (χ1) is 7.61. The van der Waals surface area contributed by atoms with Gasteiger partial charge >= 0.3 is 0 Å². The molecule has 0 atom stereocenters. The first-order valence-corrected chi connectivity index (χ1v) is 5.72. The number of amides is 1. The molecule has 0 unspecified atom stereocenters. The molecule has 0 bridgehead atoms. The first-order valence-electron chi connectivity index (χ1n) is 5.72. The van der Waals surface area contributed by atoms with E-state index >= 15 is 0 Å². The summed E-state index contributed by atoms with van der Waals surface area (Å²) in [6.45, 7) is 2.80. The lowest BCUT2D eigenvalue weighted by molar-refractivity contribution is -0.118. The highest BCUT2D eigenvalue weighted by molar-refractivity contribution is 5.91. The van der Waals surface area contributed by atoms with E-state index in [4.69, 9.17) is 5.73 Å². The fourth-order valence-corrected chi connectivity index (χ4v) is 1.93. The van der Waals surface area contributed by atoms with Crippen molar-refractivity contribution in [2.75, 3.05) is 5.32 Å². The molecule has 0 aromatic carbocycles.